The monoisotopic (exact) mass is 303 g/mol. The number of fused-ring (bicyclic) bond motifs is 1. The minimum atomic E-state index is 0.531. The van der Waals surface area contributed by atoms with Crippen LogP contribution >= 0.6 is 15.9 Å². The third-order valence-corrected chi connectivity index (χ3v) is 3.21. The lowest BCUT2D eigenvalue weighted by molar-refractivity contribution is -0.510. The van der Waals surface area contributed by atoms with Crippen LogP contribution in [-0.4, -0.2) is 4.98 Å². The number of nitrogens with one attached hydrogen (secondary N) is 1. The van der Waals surface area contributed by atoms with Crippen molar-refractivity contribution in [2.75, 3.05) is 0 Å². The molecular formula is C14H12BrN2O+. The molecule has 3 rings (SSSR count). The number of hydrogen-bond donors (Lipinski definition) is 1. The third-order valence-electron chi connectivity index (χ3n) is 2.68. The van der Waals surface area contributed by atoms with E-state index in [0.29, 0.717) is 6.61 Å². The molecule has 0 radical (unpaired) electrons. The number of rotatable bonds is 3. The first-order chi connectivity index (χ1) is 8.81. The highest BCUT2D eigenvalue weighted by molar-refractivity contribution is 9.10. The van der Waals surface area contributed by atoms with Crippen molar-refractivity contribution in [2.24, 2.45) is 0 Å². The van der Waals surface area contributed by atoms with Gasteiger partial charge in [0.15, 0.2) is 12.3 Å². The highest BCUT2D eigenvalue weighted by atomic mass is 79.9. The Labute approximate surface area is 113 Å². The highest BCUT2D eigenvalue weighted by Gasteiger charge is 2.07. The van der Waals surface area contributed by atoms with E-state index in [0.717, 1.165) is 21.6 Å². The molecule has 0 atom stereocenters. The van der Waals surface area contributed by atoms with Crippen molar-refractivity contribution in [3.05, 3.63) is 65.0 Å². The van der Waals surface area contributed by atoms with Crippen LogP contribution in [0.25, 0.3) is 5.65 Å². The largest absolute Gasteiger partial charge is 0.485 e. The van der Waals surface area contributed by atoms with Crippen LogP contribution in [0.3, 0.4) is 0 Å². The molecule has 0 saturated carbocycles. The van der Waals surface area contributed by atoms with Crippen molar-refractivity contribution in [3.63, 3.8) is 0 Å². The third kappa shape index (κ3) is 2.38. The van der Waals surface area contributed by atoms with Gasteiger partial charge in [0.2, 0.25) is 0 Å². The van der Waals surface area contributed by atoms with Gasteiger partial charge in [-0.25, -0.2) is 9.38 Å². The standard InChI is InChI=1S/C14H11BrN2O/c15-11-4-6-13(7-5-11)18-10-12-9-17-8-2-1-3-14(17)16-12/h1-9H,10H2/p+1. The Bertz CT molecular complexity index is 628. The zero-order chi connectivity index (χ0) is 12.4. The molecule has 2 aromatic heterocycles. The van der Waals surface area contributed by atoms with Gasteiger partial charge in [-0.3, -0.25) is 0 Å². The van der Waals surface area contributed by atoms with E-state index in [1.165, 1.54) is 0 Å². The van der Waals surface area contributed by atoms with Crippen molar-refractivity contribution in [1.29, 1.82) is 0 Å². The fourth-order valence-corrected chi connectivity index (χ4v) is 2.07. The fourth-order valence-electron chi connectivity index (χ4n) is 1.80. The second kappa shape index (κ2) is 4.82. The molecule has 0 amide bonds. The minimum Gasteiger partial charge on any atom is -0.485 e. The zero-order valence-corrected chi connectivity index (χ0v) is 11.2. The number of aromatic amines is 1. The molecule has 3 aromatic rings. The van der Waals surface area contributed by atoms with Crippen molar-refractivity contribution in [2.45, 2.75) is 6.61 Å². The van der Waals surface area contributed by atoms with Gasteiger partial charge in [-0.15, -0.1) is 0 Å². The van der Waals surface area contributed by atoms with E-state index in [2.05, 4.69) is 20.9 Å². The van der Waals surface area contributed by atoms with Crippen LogP contribution in [0, 0.1) is 0 Å². The van der Waals surface area contributed by atoms with Gasteiger partial charge in [-0.05, 0) is 30.3 Å². The van der Waals surface area contributed by atoms with Gasteiger partial charge in [0.25, 0.3) is 5.65 Å². The maximum Gasteiger partial charge on any atom is 0.284 e. The summed E-state index contributed by atoms with van der Waals surface area (Å²) in [6.07, 6.45) is 4.04. The second-order valence-corrected chi connectivity index (χ2v) is 4.93. The maximum atomic E-state index is 5.71. The lowest BCUT2D eigenvalue weighted by atomic mass is 10.3. The zero-order valence-electron chi connectivity index (χ0n) is 9.64. The summed E-state index contributed by atoms with van der Waals surface area (Å²) in [5, 5.41) is 0. The molecule has 18 heavy (non-hydrogen) atoms. The number of H-pyrrole nitrogens is 1. The lowest BCUT2D eigenvalue weighted by Gasteiger charge is -2.02. The molecule has 4 heteroatoms. The Morgan fingerprint density at radius 2 is 1.94 bits per heavy atom. The highest BCUT2D eigenvalue weighted by Crippen LogP contribution is 2.16. The number of benzene rings is 1. The molecule has 0 unspecified atom stereocenters. The van der Waals surface area contributed by atoms with E-state index < -0.39 is 0 Å². The molecule has 2 heterocycles. The van der Waals surface area contributed by atoms with Crippen LogP contribution in [-0.2, 0) is 6.61 Å². The Balaban J connectivity index is 1.74. The smallest absolute Gasteiger partial charge is 0.284 e. The van der Waals surface area contributed by atoms with Crippen LogP contribution < -0.4 is 9.14 Å². The van der Waals surface area contributed by atoms with Crippen molar-refractivity contribution in [1.82, 2.24) is 4.98 Å². The van der Waals surface area contributed by atoms with Crippen molar-refractivity contribution in [3.8, 4) is 5.75 Å². The van der Waals surface area contributed by atoms with Gasteiger partial charge in [0, 0.05) is 10.5 Å². The van der Waals surface area contributed by atoms with E-state index in [1.807, 2.05) is 59.3 Å². The summed E-state index contributed by atoms with van der Waals surface area (Å²) in [5.74, 6) is 0.863. The first-order valence-corrected chi connectivity index (χ1v) is 6.47. The number of hydrogen-bond acceptors (Lipinski definition) is 1. The molecule has 1 N–H and O–H groups in total. The molecule has 1 aromatic carbocycles. The summed E-state index contributed by atoms with van der Waals surface area (Å²) in [7, 11) is 0. The number of imidazole rings is 1. The van der Waals surface area contributed by atoms with Crippen molar-refractivity contribution >= 4 is 21.6 Å². The van der Waals surface area contributed by atoms with Gasteiger partial charge in [0.05, 0.1) is 6.20 Å². The van der Waals surface area contributed by atoms with Crippen LogP contribution in [0.2, 0.25) is 0 Å². The van der Waals surface area contributed by atoms with Gasteiger partial charge in [0.1, 0.15) is 11.9 Å². The molecule has 0 aliphatic heterocycles. The van der Waals surface area contributed by atoms with E-state index in [4.69, 9.17) is 4.74 Å². The lowest BCUT2D eigenvalue weighted by Crippen LogP contribution is -2.16. The summed E-state index contributed by atoms with van der Waals surface area (Å²) >= 11 is 3.40. The first-order valence-electron chi connectivity index (χ1n) is 5.67. The Kier molecular flexibility index (Phi) is 3.02. The average Bonchev–Trinajstić information content (AvgIpc) is 2.81. The quantitative estimate of drug-likeness (QED) is 0.740. The molecule has 3 nitrogen and oxygen atoms in total. The van der Waals surface area contributed by atoms with Gasteiger partial charge in [-0.2, -0.15) is 0 Å². The van der Waals surface area contributed by atoms with Gasteiger partial charge in [-0.1, -0.05) is 22.0 Å². The fraction of sp³-hybridized carbons (Fsp3) is 0.0714. The number of pyridine rings is 1. The number of aromatic nitrogens is 2. The predicted molar refractivity (Wildman–Crippen MR) is 72.4 cm³/mol. The Morgan fingerprint density at radius 3 is 2.72 bits per heavy atom. The number of halogens is 1. The normalized spacial score (nSPS) is 10.7. The molecule has 0 bridgehead atoms. The van der Waals surface area contributed by atoms with E-state index in [9.17, 15) is 0 Å². The molecule has 0 aliphatic carbocycles. The maximum absolute atomic E-state index is 5.71. The van der Waals surface area contributed by atoms with Crippen LogP contribution in [0.1, 0.15) is 5.69 Å². The van der Waals surface area contributed by atoms with Gasteiger partial charge >= 0.3 is 0 Å². The summed E-state index contributed by atoms with van der Waals surface area (Å²) in [6.45, 7) is 0.531. The molecule has 90 valence electrons. The summed E-state index contributed by atoms with van der Waals surface area (Å²) in [4.78, 5) is 3.31. The van der Waals surface area contributed by atoms with Crippen LogP contribution in [0.4, 0.5) is 0 Å². The average molecular weight is 304 g/mol. The Hall–Kier alpha value is -1.81. The molecular weight excluding hydrogens is 292 g/mol. The summed E-state index contributed by atoms with van der Waals surface area (Å²) in [6, 6.07) is 13.9. The van der Waals surface area contributed by atoms with Crippen molar-refractivity contribution < 1.29 is 9.14 Å². The van der Waals surface area contributed by atoms with E-state index in [-0.39, 0.29) is 0 Å². The molecule has 0 saturated heterocycles. The number of nitrogens with zero attached hydrogens (tertiary/aromatic N) is 1. The molecule has 0 spiro atoms. The predicted octanol–water partition coefficient (Wildman–Crippen LogP) is 3.09. The van der Waals surface area contributed by atoms with Crippen LogP contribution in [0.15, 0.2) is 59.3 Å². The number of ether oxygens (including phenoxy) is 1. The summed E-state index contributed by atoms with van der Waals surface area (Å²) in [5.41, 5.74) is 2.11. The Morgan fingerprint density at radius 1 is 1.11 bits per heavy atom. The topological polar surface area (TPSA) is 29.1 Å². The second-order valence-electron chi connectivity index (χ2n) is 4.02. The SMILES string of the molecule is Brc1ccc(OCc2c[n+]3ccccc3[nH]2)cc1. The van der Waals surface area contributed by atoms with Crippen LogP contribution in [0.5, 0.6) is 5.75 Å². The summed E-state index contributed by atoms with van der Waals surface area (Å²) < 4.78 is 8.80. The van der Waals surface area contributed by atoms with E-state index >= 15 is 0 Å². The molecule has 0 aliphatic rings. The molecule has 0 fully saturated rings. The first kappa shape index (κ1) is 11.3. The van der Waals surface area contributed by atoms with Gasteiger partial charge < -0.3 is 4.74 Å². The minimum absolute atomic E-state index is 0.531. The van der Waals surface area contributed by atoms with E-state index in [1.54, 1.807) is 0 Å².